The van der Waals surface area contributed by atoms with E-state index in [1.165, 1.54) is 6.07 Å². The molecular formula is C15H14Cl2N2O. The second-order valence-electron chi connectivity index (χ2n) is 4.35. The smallest absolute Gasteiger partial charge is 0.252 e. The molecule has 5 heteroatoms. The van der Waals surface area contributed by atoms with E-state index in [-0.39, 0.29) is 11.9 Å². The fraction of sp³-hybridized carbons (Fsp3) is 0.133. The Morgan fingerprint density at radius 1 is 1.15 bits per heavy atom. The topological polar surface area (TPSA) is 55.1 Å². The summed E-state index contributed by atoms with van der Waals surface area (Å²) < 4.78 is 0. The van der Waals surface area contributed by atoms with Gasteiger partial charge in [0.15, 0.2) is 0 Å². The predicted octanol–water partition coefficient (Wildman–Crippen LogP) is 3.42. The quantitative estimate of drug-likeness (QED) is 0.909. The van der Waals surface area contributed by atoms with Crippen molar-refractivity contribution in [2.24, 2.45) is 5.73 Å². The molecule has 0 aromatic heterocycles. The van der Waals surface area contributed by atoms with Crippen molar-refractivity contribution in [3.05, 3.63) is 69.7 Å². The first kappa shape index (κ1) is 14.9. The first-order valence-corrected chi connectivity index (χ1v) is 6.87. The minimum absolute atomic E-state index is 0.266. The Morgan fingerprint density at radius 2 is 1.85 bits per heavy atom. The maximum Gasteiger partial charge on any atom is 0.252 e. The van der Waals surface area contributed by atoms with Gasteiger partial charge in [-0.3, -0.25) is 4.79 Å². The lowest BCUT2D eigenvalue weighted by Crippen LogP contribution is -2.32. The van der Waals surface area contributed by atoms with Gasteiger partial charge < -0.3 is 11.1 Å². The monoisotopic (exact) mass is 308 g/mol. The second kappa shape index (κ2) is 6.75. The standard InChI is InChI=1S/C15H14Cl2N2O/c16-11-6-7-13(17)12(8-11)15(20)19-9-14(18)10-4-2-1-3-5-10/h1-8,14H,9,18H2,(H,19,20). The lowest BCUT2D eigenvalue weighted by Gasteiger charge is -2.13. The summed E-state index contributed by atoms with van der Waals surface area (Å²) in [5.74, 6) is -0.288. The number of rotatable bonds is 4. The molecule has 2 aromatic rings. The van der Waals surface area contributed by atoms with Crippen LogP contribution >= 0.6 is 23.2 Å². The molecular weight excluding hydrogens is 295 g/mol. The minimum Gasteiger partial charge on any atom is -0.350 e. The van der Waals surface area contributed by atoms with Gasteiger partial charge in [-0.25, -0.2) is 0 Å². The SMILES string of the molecule is NC(CNC(=O)c1cc(Cl)ccc1Cl)c1ccccc1. The molecule has 1 unspecified atom stereocenters. The van der Waals surface area contributed by atoms with E-state index < -0.39 is 0 Å². The van der Waals surface area contributed by atoms with Crippen molar-refractivity contribution in [3.8, 4) is 0 Å². The first-order chi connectivity index (χ1) is 9.58. The van der Waals surface area contributed by atoms with Gasteiger partial charge in [-0.15, -0.1) is 0 Å². The van der Waals surface area contributed by atoms with E-state index in [0.717, 1.165) is 5.56 Å². The predicted molar refractivity (Wildman–Crippen MR) is 82.2 cm³/mol. The van der Waals surface area contributed by atoms with Gasteiger partial charge in [0.2, 0.25) is 0 Å². The number of nitrogens with two attached hydrogens (primary N) is 1. The van der Waals surface area contributed by atoms with Gasteiger partial charge >= 0.3 is 0 Å². The Morgan fingerprint density at radius 3 is 2.55 bits per heavy atom. The fourth-order valence-corrected chi connectivity index (χ4v) is 2.16. The van der Waals surface area contributed by atoms with E-state index in [1.807, 2.05) is 30.3 Å². The molecule has 0 aliphatic heterocycles. The molecule has 104 valence electrons. The number of carbonyl (C=O) groups excluding carboxylic acids is 1. The van der Waals surface area contributed by atoms with Gasteiger partial charge in [-0.2, -0.15) is 0 Å². The molecule has 0 aliphatic carbocycles. The van der Waals surface area contributed by atoms with Crippen molar-refractivity contribution in [1.82, 2.24) is 5.32 Å². The number of halogens is 2. The van der Waals surface area contributed by atoms with Gasteiger partial charge in [0, 0.05) is 17.6 Å². The molecule has 2 rings (SSSR count). The van der Waals surface area contributed by atoms with Crippen molar-refractivity contribution >= 4 is 29.1 Å². The molecule has 0 bridgehead atoms. The summed E-state index contributed by atoms with van der Waals surface area (Å²) in [5.41, 5.74) is 7.33. The lowest BCUT2D eigenvalue weighted by molar-refractivity contribution is 0.0951. The average Bonchev–Trinajstić information content (AvgIpc) is 2.47. The third kappa shape index (κ3) is 3.73. The highest BCUT2D eigenvalue weighted by atomic mass is 35.5. The van der Waals surface area contributed by atoms with Gasteiger partial charge in [-0.1, -0.05) is 53.5 Å². The Bertz CT molecular complexity index is 602. The maximum atomic E-state index is 12.0. The van der Waals surface area contributed by atoms with E-state index in [4.69, 9.17) is 28.9 Å². The molecule has 0 aliphatic rings. The van der Waals surface area contributed by atoms with Gasteiger partial charge in [0.1, 0.15) is 0 Å². The van der Waals surface area contributed by atoms with Crippen LogP contribution in [-0.2, 0) is 0 Å². The van der Waals surface area contributed by atoms with Crippen molar-refractivity contribution < 1.29 is 4.79 Å². The van der Waals surface area contributed by atoms with E-state index in [0.29, 0.717) is 22.2 Å². The fourth-order valence-electron chi connectivity index (χ4n) is 1.79. The maximum absolute atomic E-state index is 12.0. The van der Waals surface area contributed by atoms with Crippen LogP contribution in [0.25, 0.3) is 0 Å². The largest absolute Gasteiger partial charge is 0.350 e. The van der Waals surface area contributed by atoms with E-state index >= 15 is 0 Å². The van der Waals surface area contributed by atoms with Crippen LogP contribution in [-0.4, -0.2) is 12.5 Å². The van der Waals surface area contributed by atoms with Crippen LogP contribution in [0.5, 0.6) is 0 Å². The summed E-state index contributed by atoms with van der Waals surface area (Å²) in [6.07, 6.45) is 0. The molecule has 0 heterocycles. The molecule has 1 amide bonds. The van der Waals surface area contributed by atoms with E-state index in [1.54, 1.807) is 12.1 Å². The van der Waals surface area contributed by atoms with Crippen LogP contribution in [0.3, 0.4) is 0 Å². The summed E-state index contributed by atoms with van der Waals surface area (Å²) >= 11 is 11.8. The molecule has 0 saturated heterocycles. The van der Waals surface area contributed by atoms with Crippen molar-refractivity contribution in [1.29, 1.82) is 0 Å². The Kier molecular flexibility index (Phi) is 5.01. The van der Waals surface area contributed by atoms with Gasteiger partial charge in [0.25, 0.3) is 5.91 Å². The highest BCUT2D eigenvalue weighted by Gasteiger charge is 2.12. The minimum atomic E-state index is -0.288. The van der Waals surface area contributed by atoms with Crippen molar-refractivity contribution in [2.45, 2.75) is 6.04 Å². The first-order valence-electron chi connectivity index (χ1n) is 6.11. The number of benzene rings is 2. The summed E-state index contributed by atoms with van der Waals surface area (Å²) in [4.78, 5) is 12.0. The van der Waals surface area contributed by atoms with Crippen molar-refractivity contribution in [3.63, 3.8) is 0 Å². The number of hydrogen-bond acceptors (Lipinski definition) is 2. The highest BCUT2D eigenvalue weighted by Crippen LogP contribution is 2.20. The van der Waals surface area contributed by atoms with Gasteiger partial charge in [-0.05, 0) is 23.8 Å². The molecule has 3 N–H and O–H groups in total. The van der Waals surface area contributed by atoms with E-state index in [9.17, 15) is 4.79 Å². The lowest BCUT2D eigenvalue weighted by atomic mass is 10.1. The summed E-state index contributed by atoms with van der Waals surface area (Å²) in [6.45, 7) is 0.325. The van der Waals surface area contributed by atoms with Gasteiger partial charge in [0.05, 0.1) is 10.6 Å². The second-order valence-corrected chi connectivity index (χ2v) is 5.20. The number of carbonyl (C=O) groups is 1. The highest BCUT2D eigenvalue weighted by molar-refractivity contribution is 6.35. The molecule has 2 aromatic carbocycles. The third-order valence-corrected chi connectivity index (χ3v) is 3.45. The van der Waals surface area contributed by atoms with Crippen LogP contribution in [0.2, 0.25) is 10.0 Å². The molecule has 0 spiro atoms. The molecule has 3 nitrogen and oxygen atoms in total. The van der Waals surface area contributed by atoms with Crippen LogP contribution in [0.1, 0.15) is 22.0 Å². The average molecular weight is 309 g/mol. The summed E-state index contributed by atoms with van der Waals surface area (Å²) in [5, 5.41) is 3.58. The zero-order valence-corrected chi connectivity index (χ0v) is 12.2. The summed E-state index contributed by atoms with van der Waals surface area (Å²) in [7, 11) is 0. The molecule has 0 radical (unpaired) electrons. The third-order valence-electron chi connectivity index (χ3n) is 2.88. The normalized spacial score (nSPS) is 11.9. The zero-order valence-electron chi connectivity index (χ0n) is 10.6. The van der Waals surface area contributed by atoms with Crippen LogP contribution in [0, 0.1) is 0 Å². The molecule has 0 fully saturated rings. The molecule has 1 atom stereocenters. The Labute approximate surface area is 127 Å². The van der Waals surface area contributed by atoms with Crippen LogP contribution in [0.15, 0.2) is 48.5 Å². The number of hydrogen-bond donors (Lipinski definition) is 2. The number of nitrogens with one attached hydrogen (secondary N) is 1. The van der Waals surface area contributed by atoms with E-state index in [2.05, 4.69) is 5.32 Å². The Balaban J connectivity index is 2.00. The zero-order chi connectivity index (χ0) is 14.5. The Hall–Kier alpha value is -1.55. The summed E-state index contributed by atoms with van der Waals surface area (Å²) in [6, 6.07) is 14.1. The van der Waals surface area contributed by atoms with Crippen molar-refractivity contribution in [2.75, 3.05) is 6.54 Å². The molecule has 0 saturated carbocycles. The van der Waals surface area contributed by atoms with Crippen LogP contribution < -0.4 is 11.1 Å². The molecule has 20 heavy (non-hydrogen) atoms. The van der Waals surface area contributed by atoms with Crippen LogP contribution in [0.4, 0.5) is 0 Å². The number of amides is 1.